The van der Waals surface area contributed by atoms with Crippen LogP contribution >= 0.6 is 23.5 Å². The van der Waals surface area contributed by atoms with Gasteiger partial charge in [-0.1, -0.05) is 0 Å². The molecule has 1 fully saturated rings. The lowest BCUT2D eigenvalue weighted by Gasteiger charge is -2.43. The van der Waals surface area contributed by atoms with Crippen molar-refractivity contribution in [3.05, 3.63) is 23.3 Å². The average molecular weight is 340 g/mol. The number of thioether (sulfide) groups is 2. The highest BCUT2D eigenvalue weighted by atomic mass is 32.2. The highest BCUT2D eigenvalue weighted by Crippen LogP contribution is 2.62. The Bertz CT molecular complexity index is 610. The van der Waals surface area contributed by atoms with E-state index in [2.05, 4.69) is 0 Å². The molecule has 4 nitrogen and oxygen atoms in total. The molecule has 1 aromatic carbocycles. The molecule has 6 heteroatoms. The van der Waals surface area contributed by atoms with Gasteiger partial charge in [0.1, 0.15) is 17.1 Å². The lowest BCUT2D eigenvalue weighted by atomic mass is 9.77. The zero-order valence-corrected chi connectivity index (χ0v) is 14.6. The van der Waals surface area contributed by atoms with Gasteiger partial charge in [0.2, 0.25) is 0 Å². The Morgan fingerprint density at radius 1 is 1.18 bits per heavy atom. The Hall–Kier alpha value is -0.850. The molecule has 1 aliphatic carbocycles. The van der Waals surface area contributed by atoms with Crippen molar-refractivity contribution in [2.45, 2.75) is 29.4 Å². The number of benzene rings is 1. The van der Waals surface area contributed by atoms with Crippen LogP contribution in [0, 0.1) is 0 Å². The summed E-state index contributed by atoms with van der Waals surface area (Å²) in [6.07, 6.45) is 0.697. The minimum absolute atomic E-state index is 0.185. The molecule has 120 valence electrons. The van der Waals surface area contributed by atoms with Crippen LogP contribution < -0.4 is 9.47 Å². The molecule has 0 bridgehead atoms. The van der Waals surface area contributed by atoms with Gasteiger partial charge in [0.05, 0.1) is 18.3 Å². The summed E-state index contributed by atoms with van der Waals surface area (Å²) in [6, 6.07) is 3.76. The van der Waals surface area contributed by atoms with Crippen LogP contribution in [-0.2, 0) is 15.3 Å². The molecule has 0 saturated carbocycles. The minimum atomic E-state index is -1.34. The fraction of sp³-hybridized carbons (Fsp3) is 0.562. The van der Waals surface area contributed by atoms with E-state index in [4.69, 9.17) is 9.47 Å². The molecule has 1 aromatic rings. The van der Waals surface area contributed by atoms with Gasteiger partial charge in [-0.05, 0) is 19.1 Å². The number of Topliss-reactive ketones (excluding diaryl/α,β-unsaturated/α-hetero) is 1. The molecule has 1 aliphatic heterocycles. The molecule has 1 N–H and O–H groups in total. The SMILES string of the molecule is COc1ccc(OC)c2c1C[C@@](O)(C(C)=O)CC21SCCS1. The second-order valence-electron chi connectivity index (χ2n) is 5.71. The van der Waals surface area contributed by atoms with E-state index in [0.717, 1.165) is 28.4 Å². The third kappa shape index (κ3) is 2.32. The Balaban J connectivity index is 2.25. The number of carbonyl (C=O) groups is 1. The van der Waals surface area contributed by atoms with E-state index < -0.39 is 5.60 Å². The van der Waals surface area contributed by atoms with Crippen molar-refractivity contribution in [1.29, 1.82) is 0 Å². The van der Waals surface area contributed by atoms with E-state index >= 15 is 0 Å². The lowest BCUT2D eigenvalue weighted by molar-refractivity contribution is -0.136. The maximum Gasteiger partial charge on any atom is 0.161 e. The number of methoxy groups -OCH3 is 2. The number of ketones is 1. The number of ether oxygens (including phenoxy) is 2. The largest absolute Gasteiger partial charge is 0.496 e. The molecule has 1 atom stereocenters. The predicted octanol–water partition coefficient (Wildman–Crippen LogP) is 2.60. The fourth-order valence-corrected chi connectivity index (χ4v) is 6.92. The van der Waals surface area contributed by atoms with E-state index in [9.17, 15) is 9.90 Å². The lowest BCUT2D eigenvalue weighted by Crippen LogP contribution is -2.48. The smallest absolute Gasteiger partial charge is 0.161 e. The van der Waals surface area contributed by atoms with E-state index in [1.807, 2.05) is 12.1 Å². The first kappa shape index (κ1) is 16.0. The van der Waals surface area contributed by atoms with Crippen molar-refractivity contribution in [3.63, 3.8) is 0 Å². The van der Waals surface area contributed by atoms with Crippen molar-refractivity contribution in [1.82, 2.24) is 0 Å². The topological polar surface area (TPSA) is 55.8 Å². The van der Waals surface area contributed by atoms with Gasteiger partial charge >= 0.3 is 0 Å². The molecule has 1 spiro atoms. The van der Waals surface area contributed by atoms with E-state index in [1.165, 1.54) is 6.92 Å². The van der Waals surface area contributed by atoms with Gasteiger partial charge in [0.15, 0.2) is 5.78 Å². The summed E-state index contributed by atoms with van der Waals surface area (Å²) in [7, 11) is 3.27. The van der Waals surface area contributed by atoms with Crippen molar-refractivity contribution < 1.29 is 19.4 Å². The van der Waals surface area contributed by atoms with Gasteiger partial charge in [-0.15, -0.1) is 23.5 Å². The van der Waals surface area contributed by atoms with Gasteiger partial charge in [0.25, 0.3) is 0 Å². The molecule has 2 aliphatic rings. The second-order valence-corrected chi connectivity index (χ2v) is 8.76. The molecule has 1 heterocycles. The molecule has 0 radical (unpaired) electrons. The molecular weight excluding hydrogens is 320 g/mol. The zero-order chi connectivity index (χ0) is 16.0. The number of aliphatic hydroxyl groups is 1. The first-order chi connectivity index (χ1) is 10.5. The predicted molar refractivity (Wildman–Crippen MR) is 90.1 cm³/mol. The van der Waals surface area contributed by atoms with E-state index in [-0.39, 0.29) is 16.3 Å². The monoisotopic (exact) mass is 340 g/mol. The van der Waals surface area contributed by atoms with Crippen molar-refractivity contribution in [2.24, 2.45) is 0 Å². The highest BCUT2D eigenvalue weighted by molar-refractivity contribution is 8.20. The van der Waals surface area contributed by atoms with Crippen LogP contribution in [-0.4, -0.2) is 42.2 Å². The number of carbonyl (C=O) groups excluding carboxylic acids is 1. The standard InChI is InChI=1S/C16H20O4S2/c1-10(17)15(18)8-11-12(19-2)4-5-13(20-3)14(11)16(9-15)21-6-7-22-16/h4-5,18H,6-9H2,1-3H3/t15-/m0/s1. The molecule has 3 rings (SSSR count). The van der Waals surface area contributed by atoms with Crippen molar-refractivity contribution >= 4 is 29.3 Å². The summed E-state index contributed by atoms with van der Waals surface area (Å²) in [6.45, 7) is 1.47. The molecule has 0 aromatic heterocycles. The Kier molecular flexibility index (Phi) is 4.12. The highest BCUT2D eigenvalue weighted by Gasteiger charge is 2.54. The molecular formula is C16H20O4S2. The molecule has 22 heavy (non-hydrogen) atoms. The van der Waals surface area contributed by atoms with Crippen LogP contribution in [0.1, 0.15) is 24.5 Å². The maximum atomic E-state index is 12.1. The number of fused-ring (bicyclic) bond motifs is 2. The Morgan fingerprint density at radius 3 is 2.32 bits per heavy atom. The van der Waals surface area contributed by atoms with E-state index in [0.29, 0.717) is 12.2 Å². The van der Waals surface area contributed by atoms with Gasteiger partial charge in [-0.3, -0.25) is 4.79 Å². The van der Waals surface area contributed by atoms with Crippen LogP contribution in [0.5, 0.6) is 11.5 Å². The zero-order valence-electron chi connectivity index (χ0n) is 13.0. The van der Waals surface area contributed by atoms with Gasteiger partial charge in [0, 0.05) is 35.5 Å². The van der Waals surface area contributed by atoms with Crippen LogP contribution in [0.3, 0.4) is 0 Å². The summed E-state index contributed by atoms with van der Waals surface area (Å²) in [5.74, 6) is 3.33. The molecule has 0 unspecified atom stereocenters. The Morgan fingerprint density at radius 2 is 1.77 bits per heavy atom. The van der Waals surface area contributed by atoms with Crippen LogP contribution in [0.4, 0.5) is 0 Å². The Labute approximate surface area is 138 Å². The molecule has 0 amide bonds. The summed E-state index contributed by atoms with van der Waals surface area (Å²) >= 11 is 3.58. The summed E-state index contributed by atoms with van der Waals surface area (Å²) in [5.41, 5.74) is 0.636. The van der Waals surface area contributed by atoms with Gasteiger partial charge < -0.3 is 14.6 Å². The number of rotatable bonds is 3. The summed E-state index contributed by atoms with van der Waals surface area (Å²) in [4.78, 5) is 12.1. The first-order valence-corrected chi connectivity index (χ1v) is 9.18. The summed E-state index contributed by atoms with van der Waals surface area (Å²) < 4.78 is 10.7. The van der Waals surface area contributed by atoms with Crippen molar-refractivity contribution in [2.75, 3.05) is 25.7 Å². The minimum Gasteiger partial charge on any atom is -0.496 e. The maximum absolute atomic E-state index is 12.1. The fourth-order valence-electron chi connectivity index (χ4n) is 3.34. The second kappa shape index (κ2) is 5.65. The van der Waals surface area contributed by atoms with Crippen LogP contribution in [0.2, 0.25) is 0 Å². The molecule has 1 saturated heterocycles. The van der Waals surface area contributed by atoms with E-state index in [1.54, 1.807) is 37.7 Å². The van der Waals surface area contributed by atoms with Gasteiger partial charge in [-0.25, -0.2) is 0 Å². The quantitative estimate of drug-likeness (QED) is 0.913. The third-order valence-corrected chi connectivity index (χ3v) is 7.87. The normalized spacial score (nSPS) is 25.8. The average Bonchev–Trinajstić information content (AvgIpc) is 2.94. The van der Waals surface area contributed by atoms with Crippen LogP contribution in [0.25, 0.3) is 0 Å². The first-order valence-electron chi connectivity index (χ1n) is 7.21. The number of hydrogen-bond donors (Lipinski definition) is 1. The van der Waals surface area contributed by atoms with Crippen LogP contribution in [0.15, 0.2) is 12.1 Å². The van der Waals surface area contributed by atoms with Crippen molar-refractivity contribution in [3.8, 4) is 11.5 Å². The van der Waals surface area contributed by atoms with Gasteiger partial charge in [-0.2, -0.15) is 0 Å². The third-order valence-electron chi connectivity index (χ3n) is 4.46. The summed E-state index contributed by atoms with van der Waals surface area (Å²) in [5, 5.41) is 10.9. The number of hydrogen-bond acceptors (Lipinski definition) is 6.